The van der Waals surface area contributed by atoms with Gasteiger partial charge in [0.05, 0.1) is 13.7 Å². The molecule has 1 aromatic carbocycles. The number of ether oxygens (including phenoxy) is 2. The summed E-state index contributed by atoms with van der Waals surface area (Å²) in [6, 6.07) is 3.82. The SMILES string of the molecule is C=Cc1ccc2c(c1C(=O)OC)OCC1(CCN(C(=O)O)CC1)C2. The second-order valence-corrected chi connectivity index (χ2v) is 6.45. The summed E-state index contributed by atoms with van der Waals surface area (Å²) in [6.07, 6.45) is 3.04. The standard InChI is InChI=1S/C18H21NO5/c1-3-12-4-5-13-10-18(6-8-19(9-7-18)17(21)22)11-24-15(13)14(12)16(20)23-2/h3-5H,1,6-11H2,2H3,(H,21,22). The molecule has 0 bridgehead atoms. The highest BCUT2D eigenvalue weighted by Gasteiger charge is 2.41. The van der Waals surface area contributed by atoms with Crippen molar-refractivity contribution in [2.75, 3.05) is 26.8 Å². The van der Waals surface area contributed by atoms with Gasteiger partial charge in [-0.15, -0.1) is 0 Å². The molecule has 1 spiro atoms. The second-order valence-electron chi connectivity index (χ2n) is 6.45. The molecular weight excluding hydrogens is 310 g/mol. The molecule has 6 heteroatoms. The van der Waals surface area contributed by atoms with Gasteiger partial charge in [-0.1, -0.05) is 24.8 Å². The maximum Gasteiger partial charge on any atom is 0.407 e. The molecule has 2 aliphatic rings. The first-order valence-electron chi connectivity index (χ1n) is 7.97. The average molecular weight is 331 g/mol. The van der Waals surface area contributed by atoms with Crippen LogP contribution in [0.1, 0.15) is 34.3 Å². The number of hydrogen-bond donors (Lipinski definition) is 1. The summed E-state index contributed by atoms with van der Waals surface area (Å²) in [4.78, 5) is 24.7. The Labute approximate surface area is 140 Å². The Bertz CT molecular complexity index is 689. The first-order chi connectivity index (χ1) is 11.5. The molecule has 1 amide bonds. The predicted octanol–water partition coefficient (Wildman–Crippen LogP) is 2.81. The van der Waals surface area contributed by atoms with Crippen molar-refractivity contribution < 1.29 is 24.2 Å². The van der Waals surface area contributed by atoms with E-state index in [4.69, 9.17) is 14.6 Å². The Kier molecular flexibility index (Phi) is 4.22. The number of rotatable bonds is 2. The lowest BCUT2D eigenvalue weighted by atomic mass is 9.72. The van der Waals surface area contributed by atoms with Crippen molar-refractivity contribution in [1.82, 2.24) is 4.90 Å². The molecule has 0 radical (unpaired) electrons. The van der Waals surface area contributed by atoms with Crippen molar-refractivity contribution in [2.45, 2.75) is 19.3 Å². The maximum atomic E-state index is 12.1. The molecule has 128 valence electrons. The topological polar surface area (TPSA) is 76.1 Å². The van der Waals surface area contributed by atoms with E-state index < -0.39 is 12.1 Å². The number of piperidine rings is 1. The molecular formula is C18H21NO5. The number of carboxylic acid groups (broad SMARTS) is 1. The van der Waals surface area contributed by atoms with Crippen LogP contribution in [0.5, 0.6) is 5.75 Å². The zero-order valence-electron chi connectivity index (χ0n) is 13.7. The van der Waals surface area contributed by atoms with Crippen LogP contribution in [0.3, 0.4) is 0 Å². The number of carbonyl (C=O) groups excluding carboxylic acids is 1. The summed E-state index contributed by atoms with van der Waals surface area (Å²) in [5.41, 5.74) is 2.01. The predicted molar refractivity (Wildman–Crippen MR) is 88.3 cm³/mol. The largest absolute Gasteiger partial charge is 0.492 e. The zero-order valence-corrected chi connectivity index (χ0v) is 13.7. The van der Waals surface area contributed by atoms with E-state index in [2.05, 4.69) is 6.58 Å². The van der Waals surface area contributed by atoms with Gasteiger partial charge in [0.25, 0.3) is 0 Å². The van der Waals surface area contributed by atoms with Crippen LogP contribution < -0.4 is 4.74 Å². The van der Waals surface area contributed by atoms with Gasteiger partial charge in [0, 0.05) is 18.5 Å². The van der Waals surface area contributed by atoms with Crippen LogP contribution in [-0.4, -0.2) is 48.9 Å². The maximum absolute atomic E-state index is 12.1. The van der Waals surface area contributed by atoms with E-state index in [0.29, 0.717) is 36.6 Å². The van der Waals surface area contributed by atoms with E-state index in [9.17, 15) is 9.59 Å². The first kappa shape index (κ1) is 16.4. The van der Waals surface area contributed by atoms with Gasteiger partial charge in [-0.3, -0.25) is 0 Å². The Hall–Kier alpha value is -2.50. The molecule has 0 aromatic heterocycles. The minimum absolute atomic E-state index is 0.0674. The Morgan fingerprint density at radius 3 is 2.67 bits per heavy atom. The van der Waals surface area contributed by atoms with Gasteiger partial charge in [-0.2, -0.15) is 0 Å². The number of nitrogens with zero attached hydrogens (tertiary/aromatic N) is 1. The molecule has 0 saturated carbocycles. The fraction of sp³-hybridized carbons (Fsp3) is 0.444. The number of carbonyl (C=O) groups is 2. The minimum atomic E-state index is -0.870. The summed E-state index contributed by atoms with van der Waals surface area (Å²) < 4.78 is 10.9. The van der Waals surface area contributed by atoms with Crippen molar-refractivity contribution >= 4 is 18.1 Å². The van der Waals surface area contributed by atoms with Gasteiger partial charge in [0.2, 0.25) is 0 Å². The Balaban J connectivity index is 1.89. The highest BCUT2D eigenvalue weighted by molar-refractivity contribution is 5.97. The summed E-state index contributed by atoms with van der Waals surface area (Å²) in [5.74, 6) is 0.143. The molecule has 1 saturated heterocycles. The lowest BCUT2D eigenvalue weighted by Crippen LogP contribution is -2.47. The van der Waals surface area contributed by atoms with Crippen LogP contribution in [0.25, 0.3) is 6.08 Å². The van der Waals surface area contributed by atoms with Gasteiger partial charge in [0.1, 0.15) is 11.3 Å². The molecule has 2 heterocycles. The van der Waals surface area contributed by atoms with E-state index in [-0.39, 0.29) is 5.41 Å². The highest BCUT2D eigenvalue weighted by Crippen LogP contribution is 2.44. The molecule has 0 atom stereocenters. The summed E-state index contributed by atoms with van der Waals surface area (Å²) >= 11 is 0. The fourth-order valence-corrected chi connectivity index (χ4v) is 3.60. The quantitative estimate of drug-likeness (QED) is 0.843. The number of fused-ring (bicyclic) bond motifs is 1. The Morgan fingerprint density at radius 2 is 2.08 bits per heavy atom. The summed E-state index contributed by atoms with van der Waals surface area (Å²) in [5, 5.41) is 9.10. The van der Waals surface area contributed by atoms with Crippen molar-refractivity contribution in [2.24, 2.45) is 5.41 Å². The number of esters is 1. The second kappa shape index (κ2) is 6.19. The highest BCUT2D eigenvalue weighted by atomic mass is 16.5. The van der Waals surface area contributed by atoms with E-state index in [1.165, 1.54) is 12.0 Å². The molecule has 0 unspecified atom stereocenters. The van der Waals surface area contributed by atoms with Crippen LogP contribution in [0, 0.1) is 5.41 Å². The lowest BCUT2D eigenvalue weighted by Gasteiger charge is -2.43. The van der Waals surface area contributed by atoms with Crippen LogP contribution in [0.4, 0.5) is 4.79 Å². The fourth-order valence-electron chi connectivity index (χ4n) is 3.60. The average Bonchev–Trinajstić information content (AvgIpc) is 2.60. The molecule has 1 fully saturated rings. The van der Waals surface area contributed by atoms with Crippen molar-refractivity contribution in [3.63, 3.8) is 0 Å². The van der Waals surface area contributed by atoms with Gasteiger partial charge < -0.3 is 19.5 Å². The van der Waals surface area contributed by atoms with E-state index in [0.717, 1.165) is 24.8 Å². The summed E-state index contributed by atoms with van der Waals surface area (Å²) in [7, 11) is 1.35. The number of hydrogen-bond acceptors (Lipinski definition) is 4. The molecule has 24 heavy (non-hydrogen) atoms. The zero-order chi connectivity index (χ0) is 17.3. The van der Waals surface area contributed by atoms with Gasteiger partial charge in [-0.05, 0) is 30.4 Å². The molecule has 0 aliphatic carbocycles. The molecule has 1 aromatic rings. The molecule has 3 rings (SSSR count). The van der Waals surface area contributed by atoms with Gasteiger partial charge in [0.15, 0.2) is 0 Å². The summed E-state index contributed by atoms with van der Waals surface area (Å²) in [6.45, 7) is 5.26. The van der Waals surface area contributed by atoms with E-state index in [1.54, 1.807) is 6.08 Å². The number of likely N-dealkylation sites (tertiary alicyclic amines) is 1. The first-order valence-corrected chi connectivity index (χ1v) is 7.97. The van der Waals surface area contributed by atoms with Crippen molar-refractivity contribution in [3.8, 4) is 5.75 Å². The normalized spacial score (nSPS) is 18.5. The third kappa shape index (κ3) is 2.72. The number of benzene rings is 1. The number of amides is 1. The van der Waals surface area contributed by atoms with Crippen LogP contribution in [0.15, 0.2) is 18.7 Å². The van der Waals surface area contributed by atoms with Crippen LogP contribution >= 0.6 is 0 Å². The third-order valence-corrected chi connectivity index (χ3v) is 5.06. The monoisotopic (exact) mass is 331 g/mol. The van der Waals surface area contributed by atoms with E-state index >= 15 is 0 Å². The Morgan fingerprint density at radius 1 is 1.38 bits per heavy atom. The minimum Gasteiger partial charge on any atom is -0.492 e. The van der Waals surface area contributed by atoms with Crippen LogP contribution in [-0.2, 0) is 11.2 Å². The van der Waals surface area contributed by atoms with E-state index in [1.807, 2.05) is 12.1 Å². The molecule has 1 N–H and O–H groups in total. The number of methoxy groups -OCH3 is 1. The van der Waals surface area contributed by atoms with Gasteiger partial charge >= 0.3 is 12.1 Å². The smallest absolute Gasteiger partial charge is 0.407 e. The van der Waals surface area contributed by atoms with Crippen molar-refractivity contribution in [1.29, 1.82) is 0 Å². The lowest BCUT2D eigenvalue weighted by molar-refractivity contribution is 0.0392. The van der Waals surface area contributed by atoms with Crippen molar-refractivity contribution in [3.05, 3.63) is 35.4 Å². The van der Waals surface area contributed by atoms with Crippen LogP contribution in [0.2, 0.25) is 0 Å². The molecule has 2 aliphatic heterocycles. The third-order valence-electron chi connectivity index (χ3n) is 5.06. The van der Waals surface area contributed by atoms with Gasteiger partial charge in [-0.25, -0.2) is 9.59 Å². The molecule has 6 nitrogen and oxygen atoms in total.